The molecule has 154 valence electrons. The fourth-order valence-corrected chi connectivity index (χ4v) is 3.99. The zero-order valence-corrected chi connectivity index (χ0v) is 17.1. The van der Waals surface area contributed by atoms with Gasteiger partial charge in [-0.2, -0.15) is 0 Å². The molecule has 2 N–H and O–H groups in total. The Bertz CT molecular complexity index is 1090. The summed E-state index contributed by atoms with van der Waals surface area (Å²) in [4.78, 5) is 45.2. The Morgan fingerprint density at radius 3 is 2.77 bits per heavy atom. The first-order chi connectivity index (χ1) is 14.5. The van der Waals surface area contributed by atoms with Gasteiger partial charge in [0.1, 0.15) is 5.69 Å². The van der Waals surface area contributed by atoms with Crippen molar-refractivity contribution in [3.05, 3.63) is 53.2 Å². The third-order valence-electron chi connectivity index (χ3n) is 4.87. The number of ether oxygens (including phenoxy) is 1. The number of nitrogens with zero attached hydrogens (tertiary/aromatic N) is 2. The molecule has 3 heterocycles. The van der Waals surface area contributed by atoms with Crippen molar-refractivity contribution in [3.8, 4) is 11.3 Å². The molecule has 0 aliphatic carbocycles. The summed E-state index contributed by atoms with van der Waals surface area (Å²) in [5.74, 6) is -0.620. The zero-order chi connectivity index (χ0) is 21.1. The van der Waals surface area contributed by atoms with E-state index in [0.717, 1.165) is 24.1 Å². The average Bonchev–Trinajstić information content (AvgIpc) is 3.43. The van der Waals surface area contributed by atoms with Crippen LogP contribution in [0, 0.1) is 0 Å². The van der Waals surface area contributed by atoms with Gasteiger partial charge < -0.3 is 14.6 Å². The van der Waals surface area contributed by atoms with Crippen LogP contribution in [0.5, 0.6) is 0 Å². The van der Waals surface area contributed by atoms with Gasteiger partial charge in [0, 0.05) is 41.4 Å². The van der Waals surface area contributed by atoms with Gasteiger partial charge in [0.15, 0.2) is 5.13 Å². The Kier molecular flexibility index (Phi) is 5.62. The molecule has 3 aromatic rings. The van der Waals surface area contributed by atoms with Crippen molar-refractivity contribution >= 4 is 39.9 Å². The van der Waals surface area contributed by atoms with Gasteiger partial charge >= 0.3 is 5.97 Å². The number of esters is 1. The number of rotatable bonds is 5. The maximum atomic E-state index is 12.6. The van der Waals surface area contributed by atoms with Crippen molar-refractivity contribution in [1.29, 1.82) is 0 Å². The number of carbonyl (C=O) groups excluding carboxylic acids is 3. The molecule has 2 aromatic heterocycles. The Balaban J connectivity index is 1.42. The summed E-state index contributed by atoms with van der Waals surface area (Å²) in [6.45, 7) is 0.711. The van der Waals surface area contributed by atoms with Crippen LogP contribution in [0.15, 0.2) is 41.9 Å². The molecule has 0 saturated carbocycles. The van der Waals surface area contributed by atoms with Crippen LogP contribution in [0.3, 0.4) is 0 Å². The molecule has 1 saturated heterocycles. The van der Waals surface area contributed by atoms with E-state index in [1.54, 1.807) is 46.8 Å². The van der Waals surface area contributed by atoms with Crippen LogP contribution in [-0.2, 0) is 9.53 Å². The molecule has 0 spiro atoms. The van der Waals surface area contributed by atoms with Crippen LogP contribution in [0.1, 0.15) is 40.1 Å². The normalized spacial score (nSPS) is 13.9. The van der Waals surface area contributed by atoms with Gasteiger partial charge in [0.25, 0.3) is 5.91 Å². The maximum absolute atomic E-state index is 12.6. The topological polar surface area (TPSA) is 104 Å². The highest BCUT2D eigenvalue weighted by Gasteiger charge is 2.20. The molecule has 0 atom stereocenters. The zero-order valence-electron chi connectivity index (χ0n) is 16.3. The maximum Gasteiger partial charge on any atom is 0.354 e. The first-order valence-electron chi connectivity index (χ1n) is 9.49. The lowest BCUT2D eigenvalue weighted by Gasteiger charge is -2.26. The molecular formula is C21H20N4O4S. The molecule has 1 fully saturated rings. The predicted molar refractivity (Wildman–Crippen MR) is 114 cm³/mol. The van der Waals surface area contributed by atoms with Crippen molar-refractivity contribution in [2.75, 3.05) is 23.9 Å². The minimum atomic E-state index is -0.459. The van der Waals surface area contributed by atoms with Crippen LogP contribution < -0.4 is 10.2 Å². The van der Waals surface area contributed by atoms with Gasteiger partial charge in [0.05, 0.1) is 12.8 Å². The number of nitrogens with one attached hydrogen (secondary N) is 2. The lowest BCUT2D eigenvalue weighted by Crippen LogP contribution is -2.35. The molecule has 9 heteroatoms. The minimum Gasteiger partial charge on any atom is -0.464 e. The van der Waals surface area contributed by atoms with Gasteiger partial charge in [-0.15, -0.1) is 11.3 Å². The molecule has 0 unspecified atom stereocenters. The molecule has 1 aliphatic rings. The van der Waals surface area contributed by atoms with E-state index in [9.17, 15) is 14.4 Å². The molecule has 1 aliphatic heterocycles. The number of anilines is 2. The van der Waals surface area contributed by atoms with E-state index in [1.807, 2.05) is 0 Å². The Hall–Kier alpha value is -3.46. The number of aromatic nitrogens is 2. The molecular weight excluding hydrogens is 404 g/mol. The van der Waals surface area contributed by atoms with E-state index >= 15 is 0 Å². The average molecular weight is 424 g/mol. The van der Waals surface area contributed by atoms with Gasteiger partial charge in [-0.1, -0.05) is 0 Å². The van der Waals surface area contributed by atoms with Crippen molar-refractivity contribution in [3.63, 3.8) is 0 Å². The number of hydrogen-bond donors (Lipinski definition) is 2. The first-order valence-corrected chi connectivity index (χ1v) is 10.4. The number of carbonyl (C=O) groups is 3. The van der Waals surface area contributed by atoms with Crippen LogP contribution in [0.2, 0.25) is 0 Å². The smallest absolute Gasteiger partial charge is 0.354 e. The van der Waals surface area contributed by atoms with Gasteiger partial charge in [0.2, 0.25) is 5.91 Å². The van der Waals surface area contributed by atoms with E-state index in [0.29, 0.717) is 35.0 Å². The molecule has 4 rings (SSSR count). The van der Waals surface area contributed by atoms with Crippen molar-refractivity contribution < 1.29 is 19.1 Å². The summed E-state index contributed by atoms with van der Waals surface area (Å²) in [5, 5.41) is 5.03. The van der Waals surface area contributed by atoms with E-state index in [-0.39, 0.29) is 11.8 Å². The predicted octanol–water partition coefficient (Wildman–Crippen LogP) is 3.69. The van der Waals surface area contributed by atoms with E-state index in [2.05, 4.69) is 20.0 Å². The third kappa shape index (κ3) is 4.11. The van der Waals surface area contributed by atoms with Gasteiger partial charge in [-0.25, -0.2) is 9.78 Å². The molecule has 0 bridgehead atoms. The van der Waals surface area contributed by atoms with Crippen molar-refractivity contribution in [2.45, 2.75) is 19.3 Å². The second kappa shape index (κ2) is 8.50. The second-order valence-corrected chi connectivity index (χ2v) is 7.69. The quantitative estimate of drug-likeness (QED) is 0.608. The number of amides is 2. The van der Waals surface area contributed by atoms with Crippen molar-refractivity contribution in [1.82, 2.24) is 9.97 Å². The van der Waals surface area contributed by atoms with Crippen LogP contribution in [0.4, 0.5) is 10.8 Å². The summed E-state index contributed by atoms with van der Waals surface area (Å²) < 4.78 is 4.68. The number of H-pyrrole nitrogens is 1. The highest BCUT2D eigenvalue weighted by atomic mass is 32.1. The fourth-order valence-electron chi connectivity index (χ4n) is 3.27. The summed E-state index contributed by atoms with van der Waals surface area (Å²) in [7, 11) is 1.32. The molecule has 1 aromatic carbocycles. The lowest BCUT2D eigenvalue weighted by molar-refractivity contribution is -0.119. The fraction of sp³-hybridized carbons (Fsp3) is 0.238. The molecule has 8 nitrogen and oxygen atoms in total. The first kappa shape index (κ1) is 19.8. The Morgan fingerprint density at radius 1 is 1.23 bits per heavy atom. The third-order valence-corrected chi connectivity index (χ3v) is 5.63. The van der Waals surface area contributed by atoms with Gasteiger partial charge in [-0.3, -0.25) is 14.9 Å². The number of benzene rings is 1. The number of aromatic amines is 1. The standard InChI is InChI=1S/C21H20N4O4S/c1-29-20(28)16-10-14(11-22-16)17-12-30-21(23-17)24-19(27)13-5-7-15(8-6-13)25-9-3-2-4-18(25)26/h5-8,10-12,22H,2-4,9H2,1H3,(H,23,24,27). The highest BCUT2D eigenvalue weighted by Crippen LogP contribution is 2.26. The largest absolute Gasteiger partial charge is 0.464 e. The SMILES string of the molecule is COC(=O)c1cc(-c2csc(NC(=O)c3ccc(N4CCCCC4=O)cc3)n2)c[nH]1. The Morgan fingerprint density at radius 2 is 2.03 bits per heavy atom. The lowest BCUT2D eigenvalue weighted by atomic mass is 10.1. The summed E-state index contributed by atoms with van der Waals surface area (Å²) in [6, 6.07) is 8.64. The second-order valence-electron chi connectivity index (χ2n) is 6.83. The van der Waals surface area contributed by atoms with Crippen LogP contribution >= 0.6 is 11.3 Å². The van der Waals surface area contributed by atoms with Crippen LogP contribution in [0.25, 0.3) is 11.3 Å². The monoisotopic (exact) mass is 424 g/mol. The number of methoxy groups -OCH3 is 1. The highest BCUT2D eigenvalue weighted by molar-refractivity contribution is 7.14. The molecule has 2 amide bonds. The minimum absolute atomic E-state index is 0.119. The Labute approximate surface area is 176 Å². The summed E-state index contributed by atoms with van der Waals surface area (Å²) in [5.41, 5.74) is 2.98. The van der Waals surface area contributed by atoms with E-state index < -0.39 is 5.97 Å². The van der Waals surface area contributed by atoms with Crippen molar-refractivity contribution in [2.24, 2.45) is 0 Å². The molecule has 0 radical (unpaired) electrons. The van der Waals surface area contributed by atoms with Crippen LogP contribution in [-0.4, -0.2) is 41.4 Å². The number of piperidine rings is 1. The van der Waals surface area contributed by atoms with Gasteiger partial charge in [-0.05, 0) is 43.2 Å². The summed E-state index contributed by atoms with van der Waals surface area (Å²) in [6.07, 6.45) is 4.14. The molecule has 30 heavy (non-hydrogen) atoms. The number of thiazole rings is 1. The van der Waals surface area contributed by atoms with E-state index in [1.165, 1.54) is 18.4 Å². The summed E-state index contributed by atoms with van der Waals surface area (Å²) >= 11 is 1.29. The van der Waals surface area contributed by atoms with E-state index in [4.69, 9.17) is 0 Å². The number of hydrogen-bond acceptors (Lipinski definition) is 6.